The topological polar surface area (TPSA) is 165 Å². The molecule has 0 saturated carbocycles. The number of esters is 1. The molecule has 2 amide bonds. The first-order valence-corrected chi connectivity index (χ1v) is 18.2. The molecule has 0 spiro atoms. The van der Waals surface area contributed by atoms with Gasteiger partial charge in [-0.2, -0.15) is 0 Å². The summed E-state index contributed by atoms with van der Waals surface area (Å²) in [5.41, 5.74) is 0. The van der Waals surface area contributed by atoms with Crippen LogP contribution in [0, 0.1) is 0 Å². The largest absolute Gasteiger partial charge is 0.463 e. The highest BCUT2D eigenvalue weighted by atomic mass is 16.6. The summed E-state index contributed by atoms with van der Waals surface area (Å²) in [5.74, 6) is -0.777. The molecule has 1 aliphatic rings. The minimum absolute atomic E-state index is 0.158. The fourth-order valence-electron chi connectivity index (χ4n) is 4.09. The van der Waals surface area contributed by atoms with E-state index in [1.807, 2.05) is 0 Å². The molecule has 0 aromatic carbocycles. The summed E-state index contributed by atoms with van der Waals surface area (Å²) >= 11 is 0. The Morgan fingerprint density at radius 3 is 1.04 bits per heavy atom. The van der Waals surface area contributed by atoms with E-state index in [1.165, 1.54) is 12.2 Å². The molecule has 16 nitrogen and oxygen atoms in total. The van der Waals surface area contributed by atoms with Crippen molar-refractivity contribution in [2.24, 2.45) is 0 Å². The summed E-state index contributed by atoms with van der Waals surface area (Å²) < 4.78 is 65.0. The summed E-state index contributed by atoms with van der Waals surface area (Å²) in [4.78, 5) is 35.5. The summed E-state index contributed by atoms with van der Waals surface area (Å²) in [7, 11) is 0. The first kappa shape index (κ1) is 46.9. The highest BCUT2D eigenvalue weighted by Gasteiger charge is 2.22. The van der Waals surface area contributed by atoms with E-state index < -0.39 is 0 Å². The second kappa shape index (κ2) is 37.7. The van der Waals surface area contributed by atoms with E-state index in [9.17, 15) is 14.4 Å². The minimum Gasteiger partial charge on any atom is -0.463 e. The minimum atomic E-state index is -0.309. The van der Waals surface area contributed by atoms with Crippen LogP contribution in [0.5, 0.6) is 0 Å². The maximum absolute atomic E-state index is 11.5. The third-order valence-electron chi connectivity index (χ3n) is 6.81. The molecule has 51 heavy (non-hydrogen) atoms. The summed E-state index contributed by atoms with van der Waals surface area (Å²) in [5, 5.41) is 0. The first-order chi connectivity index (χ1) is 25.1. The molecule has 0 aromatic heterocycles. The maximum atomic E-state index is 11.5. The number of amides is 2. The SMILES string of the molecule is CCCCCCC(=O)OCCOCCOCCOCCOCCOCCOCCOCCOCCOCCOCCOCCN1C(=O)C=CC1=O. The second-order valence-corrected chi connectivity index (χ2v) is 10.9. The number of carbonyl (C=O) groups excluding carboxylic acids is 3. The van der Waals surface area contributed by atoms with Gasteiger partial charge >= 0.3 is 5.97 Å². The van der Waals surface area contributed by atoms with Crippen LogP contribution >= 0.6 is 0 Å². The molecule has 0 fully saturated rings. The van der Waals surface area contributed by atoms with Crippen molar-refractivity contribution < 1.29 is 71.2 Å². The van der Waals surface area contributed by atoms with E-state index in [1.54, 1.807) is 0 Å². The zero-order valence-corrected chi connectivity index (χ0v) is 30.7. The molecule has 0 atom stereocenters. The van der Waals surface area contributed by atoms with Crippen molar-refractivity contribution in [3.05, 3.63) is 12.2 Å². The highest BCUT2D eigenvalue weighted by Crippen LogP contribution is 2.04. The number of rotatable bonds is 41. The first-order valence-electron chi connectivity index (χ1n) is 18.2. The van der Waals surface area contributed by atoms with Gasteiger partial charge in [-0.1, -0.05) is 26.2 Å². The van der Waals surface area contributed by atoms with E-state index in [0.29, 0.717) is 145 Å². The molecule has 0 aliphatic carbocycles. The van der Waals surface area contributed by atoms with Crippen molar-refractivity contribution in [3.63, 3.8) is 0 Å². The number of hydrogen-bond donors (Lipinski definition) is 0. The van der Waals surface area contributed by atoms with Crippen LogP contribution in [0.3, 0.4) is 0 Å². The van der Waals surface area contributed by atoms with Gasteiger partial charge in [0.1, 0.15) is 6.61 Å². The Kier molecular flexibility index (Phi) is 34.7. The molecule has 0 unspecified atom stereocenters. The van der Waals surface area contributed by atoms with Gasteiger partial charge in [-0.15, -0.1) is 0 Å². The van der Waals surface area contributed by atoms with E-state index in [2.05, 4.69) is 6.92 Å². The average molecular weight is 738 g/mol. The smallest absolute Gasteiger partial charge is 0.305 e. The van der Waals surface area contributed by atoms with E-state index in [0.717, 1.165) is 30.6 Å². The van der Waals surface area contributed by atoms with Gasteiger partial charge < -0.3 is 56.8 Å². The molecule has 0 aromatic rings. The van der Waals surface area contributed by atoms with Gasteiger partial charge in [-0.3, -0.25) is 19.3 Å². The van der Waals surface area contributed by atoms with Gasteiger partial charge in [-0.05, 0) is 6.42 Å². The Balaban J connectivity index is 1.63. The zero-order valence-electron chi connectivity index (χ0n) is 30.7. The van der Waals surface area contributed by atoms with Crippen LogP contribution in [0.2, 0.25) is 0 Å². The van der Waals surface area contributed by atoms with Crippen LogP contribution in [0.15, 0.2) is 12.2 Å². The van der Waals surface area contributed by atoms with E-state index >= 15 is 0 Å². The van der Waals surface area contributed by atoms with Crippen molar-refractivity contribution in [2.45, 2.75) is 39.0 Å². The molecule has 1 aliphatic heterocycles. The highest BCUT2D eigenvalue weighted by molar-refractivity contribution is 6.12. The fraction of sp³-hybridized carbons (Fsp3) is 0.857. The van der Waals surface area contributed by atoms with E-state index in [4.69, 9.17) is 56.8 Å². The van der Waals surface area contributed by atoms with Crippen LogP contribution in [0.4, 0.5) is 0 Å². The maximum Gasteiger partial charge on any atom is 0.305 e. The number of unbranched alkanes of at least 4 members (excludes halogenated alkanes) is 3. The number of nitrogens with zero attached hydrogens (tertiary/aromatic N) is 1. The second-order valence-electron chi connectivity index (χ2n) is 10.9. The Morgan fingerprint density at radius 1 is 0.431 bits per heavy atom. The van der Waals surface area contributed by atoms with Crippen molar-refractivity contribution in [1.29, 1.82) is 0 Å². The Hall–Kier alpha value is -2.09. The predicted octanol–water partition coefficient (Wildman–Crippen LogP) is 1.61. The van der Waals surface area contributed by atoms with Crippen molar-refractivity contribution >= 4 is 17.8 Å². The molecule has 0 N–H and O–H groups in total. The third-order valence-corrected chi connectivity index (χ3v) is 6.81. The van der Waals surface area contributed by atoms with Gasteiger partial charge in [0, 0.05) is 18.6 Å². The van der Waals surface area contributed by atoms with Crippen molar-refractivity contribution in [2.75, 3.05) is 159 Å². The summed E-state index contributed by atoms with van der Waals surface area (Å²) in [6, 6.07) is 0. The molecule has 0 bridgehead atoms. The molecule has 0 saturated heterocycles. The molecular weight excluding hydrogens is 674 g/mol. The standard InChI is InChI=1S/C35H63NO15/c1-2-3-4-5-6-35(39)51-32-31-50-30-29-49-28-27-48-26-25-47-24-23-46-22-21-45-20-19-44-18-17-43-16-15-42-14-13-41-12-11-40-10-9-36-33(37)7-8-34(36)38/h7-8H,2-6,9-32H2,1H3. The Bertz CT molecular complexity index is 830. The summed E-state index contributed by atoms with van der Waals surface area (Å²) in [6.45, 7) is 12.6. The van der Waals surface area contributed by atoms with Crippen molar-refractivity contribution in [1.82, 2.24) is 4.90 Å². The zero-order chi connectivity index (χ0) is 36.7. The van der Waals surface area contributed by atoms with Crippen LogP contribution in [-0.4, -0.2) is 181 Å². The predicted molar refractivity (Wildman–Crippen MR) is 185 cm³/mol. The van der Waals surface area contributed by atoms with Gasteiger partial charge in [0.25, 0.3) is 11.8 Å². The van der Waals surface area contributed by atoms with Gasteiger partial charge in [0.05, 0.1) is 152 Å². The third kappa shape index (κ3) is 32.3. The van der Waals surface area contributed by atoms with Crippen LogP contribution in [0.1, 0.15) is 39.0 Å². The quantitative estimate of drug-likeness (QED) is 0.0505. The number of carbonyl (C=O) groups is 3. The average Bonchev–Trinajstić information content (AvgIpc) is 3.45. The van der Waals surface area contributed by atoms with Gasteiger partial charge in [0.2, 0.25) is 0 Å². The van der Waals surface area contributed by atoms with Crippen LogP contribution in [0.25, 0.3) is 0 Å². The molecule has 0 radical (unpaired) electrons. The molecule has 16 heteroatoms. The van der Waals surface area contributed by atoms with Crippen molar-refractivity contribution in [3.8, 4) is 0 Å². The molecule has 298 valence electrons. The number of hydrogen-bond acceptors (Lipinski definition) is 15. The lowest BCUT2D eigenvalue weighted by Gasteiger charge is -2.13. The molecular formula is C35H63NO15. The molecule has 1 rings (SSSR count). The van der Waals surface area contributed by atoms with Crippen LogP contribution in [-0.2, 0) is 71.2 Å². The van der Waals surface area contributed by atoms with E-state index in [-0.39, 0.29) is 37.5 Å². The monoisotopic (exact) mass is 737 g/mol. The van der Waals surface area contributed by atoms with Crippen LogP contribution < -0.4 is 0 Å². The lowest BCUT2D eigenvalue weighted by molar-refractivity contribution is -0.145. The fourth-order valence-corrected chi connectivity index (χ4v) is 4.09. The summed E-state index contributed by atoms with van der Waals surface area (Å²) in [6.07, 6.45) is 7.24. The normalized spacial score (nSPS) is 12.8. The lowest BCUT2D eigenvalue weighted by atomic mass is 10.2. The number of ether oxygens (including phenoxy) is 12. The lowest BCUT2D eigenvalue weighted by Crippen LogP contribution is -2.33. The Morgan fingerprint density at radius 2 is 0.725 bits per heavy atom. The van der Waals surface area contributed by atoms with Gasteiger partial charge in [-0.25, -0.2) is 0 Å². The Labute approximate surface area is 303 Å². The van der Waals surface area contributed by atoms with Gasteiger partial charge in [0.15, 0.2) is 0 Å². The number of imide groups is 1. The molecule has 1 heterocycles.